The molecule has 7 rings (SSSR count). The maximum absolute atomic E-state index is 12.4. The number of unbranched alkanes of at least 4 members (excludes halogenated alkanes) is 4. The number of carboxylic acids is 1. The summed E-state index contributed by atoms with van der Waals surface area (Å²) in [5, 5.41) is 33.1. The molecular formula is C51H65N3O9. The fourth-order valence-electron chi connectivity index (χ4n) is 8.59. The predicted molar refractivity (Wildman–Crippen MR) is 244 cm³/mol. The monoisotopic (exact) mass is 863 g/mol. The zero-order valence-electron chi connectivity index (χ0n) is 36.9. The lowest BCUT2D eigenvalue weighted by atomic mass is 9.80. The van der Waals surface area contributed by atoms with Crippen molar-refractivity contribution < 1.29 is 44.0 Å². The van der Waals surface area contributed by atoms with Gasteiger partial charge in [-0.15, -0.1) is 0 Å². The highest BCUT2D eigenvalue weighted by Gasteiger charge is 2.35. The first-order valence-electron chi connectivity index (χ1n) is 22.6. The van der Waals surface area contributed by atoms with E-state index >= 15 is 0 Å². The molecule has 63 heavy (non-hydrogen) atoms. The molecule has 3 amide bonds. The first-order valence-corrected chi connectivity index (χ1v) is 22.6. The molecule has 0 bridgehead atoms. The van der Waals surface area contributed by atoms with E-state index < -0.39 is 23.6 Å². The van der Waals surface area contributed by atoms with Gasteiger partial charge in [0.1, 0.15) is 13.2 Å². The smallest absolute Gasteiger partial charge is 0.407 e. The Kier molecular flexibility index (Phi) is 19.0. The zero-order valence-corrected chi connectivity index (χ0v) is 36.9. The lowest BCUT2D eigenvalue weighted by Crippen LogP contribution is -2.46. The summed E-state index contributed by atoms with van der Waals surface area (Å²) in [5.74, 6) is -0.550. The van der Waals surface area contributed by atoms with Crippen LogP contribution < -0.4 is 10.6 Å². The average Bonchev–Trinajstić information content (AvgIpc) is 3.82. The van der Waals surface area contributed by atoms with Crippen molar-refractivity contribution in [3.63, 3.8) is 0 Å². The Balaban J connectivity index is 0.000000238. The Morgan fingerprint density at radius 2 is 0.937 bits per heavy atom. The van der Waals surface area contributed by atoms with Gasteiger partial charge in [-0.2, -0.15) is 0 Å². The number of aliphatic carboxylic acids is 1. The number of piperidine rings is 1. The van der Waals surface area contributed by atoms with Crippen molar-refractivity contribution in [3.05, 3.63) is 119 Å². The SMILES string of the molecule is CC.O=C(NCCCCCC(=O)N1CCC(CO)(CO)CC1)OCC1c2ccccc2-c2ccccc21.O=C(O)CCCCCNC(=O)OCC1c2ccccc2-c2ccccc21. The van der Waals surface area contributed by atoms with Crippen LogP contribution in [0.4, 0.5) is 9.59 Å². The van der Waals surface area contributed by atoms with Crippen LogP contribution in [0, 0.1) is 5.41 Å². The number of fused-ring (bicyclic) bond motifs is 6. The van der Waals surface area contributed by atoms with E-state index in [1.807, 2.05) is 67.3 Å². The van der Waals surface area contributed by atoms with Gasteiger partial charge in [0, 0.05) is 56.3 Å². The van der Waals surface area contributed by atoms with Crippen LogP contribution in [0.5, 0.6) is 0 Å². The summed E-state index contributed by atoms with van der Waals surface area (Å²) in [5.41, 5.74) is 9.14. The van der Waals surface area contributed by atoms with Crippen molar-refractivity contribution in [2.75, 3.05) is 52.6 Å². The normalized spacial score (nSPS) is 14.3. The Hall–Kier alpha value is -5.72. The van der Waals surface area contributed by atoms with Crippen molar-refractivity contribution in [1.82, 2.24) is 15.5 Å². The molecule has 4 aromatic rings. The number of nitrogens with one attached hydrogen (secondary N) is 2. The average molecular weight is 864 g/mol. The number of likely N-dealkylation sites (tertiary alicyclic amines) is 1. The van der Waals surface area contributed by atoms with Gasteiger partial charge in [0.15, 0.2) is 0 Å². The molecule has 5 N–H and O–H groups in total. The van der Waals surface area contributed by atoms with Gasteiger partial charge in [-0.25, -0.2) is 9.59 Å². The van der Waals surface area contributed by atoms with Crippen LogP contribution in [-0.2, 0) is 19.1 Å². The van der Waals surface area contributed by atoms with E-state index in [4.69, 9.17) is 14.6 Å². The molecule has 12 heteroatoms. The Labute approximate surface area is 372 Å². The number of aliphatic hydroxyl groups excluding tert-OH is 2. The number of benzene rings is 4. The number of hydrogen-bond acceptors (Lipinski definition) is 8. The molecule has 1 saturated heterocycles. The van der Waals surface area contributed by atoms with Crippen LogP contribution in [0.2, 0.25) is 0 Å². The third-order valence-corrected chi connectivity index (χ3v) is 12.2. The summed E-state index contributed by atoms with van der Waals surface area (Å²) >= 11 is 0. The molecule has 0 radical (unpaired) electrons. The molecule has 0 saturated carbocycles. The zero-order chi connectivity index (χ0) is 45.0. The Morgan fingerprint density at radius 1 is 0.571 bits per heavy atom. The minimum absolute atomic E-state index is 0.0395. The molecule has 0 atom stereocenters. The van der Waals surface area contributed by atoms with E-state index in [0.717, 1.165) is 32.1 Å². The van der Waals surface area contributed by atoms with Gasteiger partial charge in [-0.3, -0.25) is 9.59 Å². The number of carbonyl (C=O) groups is 4. The first-order chi connectivity index (χ1) is 30.7. The van der Waals surface area contributed by atoms with Crippen molar-refractivity contribution >= 4 is 24.1 Å². The number of rotatable bonds is 18. The highest BCUT2D eigenvalue weighted by atomic mass is 16.6. The number of carboxylic acid groups (broad SMARTS) is 1. The fraction of sp³-hybridized carbons (Fsp3) is 0.451. The largest absolute Gasteiger partial charge is 0.481 e. The second-order valence-corrected chi connectivity index (χ2v) is 16.2. The number of carbonyl (C=O) groups excluding carboxylic acids is 3. The molecule has 0 aromatic heterocycles. The quantitative estimate of drug-likeness (QED) is 0.0612. The molecule has 1 fully saturated rings. The lowest BCUT2D eigenvalue weighted by molar-refractivity contribution is -0.137. The van der Waals surface area contributed by atoms with Crippen LogP contribution >= 0.6 is 0 Å². The fourth-order valence-corrected chi connectivity index (χ4v) is 8.59. The number of alkyl carbamates (subject to hydrolysis) is 2. The van der Waals surface area contributed by atoms with E-state index in [0.29, 0.717) is 65.1 Å². The van der Waals surface area contributed by atoms with Crippen molar-refractivity contribution in [3.8, 4) is 22.3 Å². The van der Waals surface area contributed by atoms with Gasteiger partial charge in [0.2, 0.25) is 5.91 Å². The van der Waals surface area contributed by atoms with Gasteiger partial charge in [-0.1, -0.05) is 124 Å². The second kappa shape index (κ2) is 24.8. The summed E-state index contributed by atoms with van der Waals surface area (Å²) in [6, 6.07) is 33.0. The minimum atomic E-state index is -0.783. The Morgan fingerprint density at radius 3 is 1.30 bits per heavy atom. The topological polar surface area (TPSA) is 175 Å². The van der Waals surface area contributed by atoms with E-state index in [-0.39, 0.29) is 37.4 Å². The van der Waals surface area contributed by atoms with Crippen molar-refractivity contribution in [2.45, 2.75) is 89.9 Å². The summed E-state index contributed by atoms with van der Waals surface area (Å²) in [6.07, 6.45) is 5.64. The van der Waals surface area contributed by atoms with E-state index in [2.05, 4.69) is 59.2 Å². The van der Waals surface area contributed by atoms with Crippen LogP contribution in [0.3, 0.4) is 0 Å². The molecule has 338 valence electrons. The van der Waals surface area contributed by atoms with Crippen LogP contribution in [0.1, 0.15) is 112 Å². The molecule has 2 aliphatic carbocycles. The second-order valence-electron chi connectivity index (χ2n) is 16.2. The summed E-state index contributed by atoms with van der Waals surface area (Å²) in [7, 11) is 0. The number of aliphatic hydroxyl groups is 2. The summed E-state index contributed by atoms with van der Waals surface area (Å²) < 4.78 is 11.0. The molecule has 0 unspecified atom stereocenters. The molecule has 4 aromatic carbocycles. The standard InChI is InChI=1S/C28H36N2O5.C21H23NO4.C2H6/c31-19-28(20-32)13-16-30(17-14-28)26(33)12-2-1-7-15-29-27(34)35-18-25-23-10-5-3-8-21(23)22-9-4-6-11-24(22)25;23-20(24)12-2-1-7-13-22-21(25)26-14-19-17-10-5-3-8-15(17)16-9-4-6-11-18(16)19;1-2/h3-6,8-11,25,31-32H,1-2,7,12-20H2,(H,29,34);3-6,8-11,19H,1-2,7,12-14H2,(H,22,25)(H,23,24);1-2H3. The van der Waals surface area contributed by atoms with Crippen LogP contribution in [-0.4, -0.2) is 96.9 Å². The van der Waals surface area contributed by atoms with E-state index in [1.54, 1.807) is 0 Å². The number of hydrogen-bond donors (Lipinski definition) is 5. The molecular weight excluding hydrogens is 799 g/mol. The first kappa shape index (κ1) is 48.3. The maximum atomic E-state index is 12.4. The van der Waals surface area contributed by atoms with Gasteiger partial charge >= 0.3 is 18.2 Å². The molecule has 1 heterocycles. The van der Waals surface area contributed by atoms with Gasteiger partial charge < -0.3 is 40.3 Å². The highest BCUT2D eigenvalue weighted by Crippen LogP contribution is 2.45. The van der Waals surface area contributed by atoms with Gasteiger partial charge in [0.25, 0.3) is 0 Å². The molecule has 3 aliphatic rings. The van der Waals surface area contributed by atoms with Gasteiger partial charge in [0.05, 0.1) is 13.2 Å². The van der Waals surface area contributed by atoms with Crippen molar-refractivity contribution in [2.24, 2.45) is 5.41 Å². The summed E-state index contributed by atoms with van der Waals surface area (Å²) in [6.45, 7) is 6.72. The number of amides is 3. The number of ether oxygens (including phenoxy) is 2. The maximum Gasteiger partial charge on any atom is 0.407 e. The molecule has 1 aliphatic heterocycles. The third-order valence-electron chi connectivity index (χ3n) is 12.2. The van der Waals surface area contributed by atoms with Gasteiger partial charge in [-0.05, 0) is 83.0 Å². The summed E-state index contributed by atoms with van der Waals surface area (Å²) in [4.78, 5) is 48.9. The highest BCUT2D eigenvalue weighted by molar-refractivity contribution is 5.80. The molecule has 0 spiro atoms. The molecule has 12 nitrogen and oxygen atoms in total. The van der Waals surface area contributed by atoms with Crippen LogP contribution in [0.15, 0.2) is 97.1 Å². The minimum Gasteiger partial charge on any atom is -0.481 e. The van der Waals surface area contributed by atoms with E-state index in [9.17, 15) is 29.4 Å². The third kappa shape index (κ3) is 13.2. The van der Waals surface area contributed by atoms with E-state index in [1.165, 1.54) is 44.5 Å². The lowest BCUT2D eigenvalue weighted by Gasteiger charge is -2.39. The Bertz CT molecular complexity index is 2000. The number of nitrogens with zero attached hydrogens (tertiary/aromatic N) is 1. The van der Waals surface area contributed by atoms with Crippen molar-refractivity contribution in [1.29, 1.82) is 0 Å². The van der Waals surface area contributed by atoms with Crippen LogP contribution in [0.25, 0.3) is 22.3 Å². The predicted octanol–water partition coefficient (Wildman–Crippen LogP) is 8.88.